The average Bonchev–Trinajstić information content (AvgIpc) is 2.61. The predicted molar refractivity (Wildman–Crippen MR) is 115 cm³/mol. The van der Waals surface area contributed by atoms with Crippen molar-refractivity contribution < 1.29 is 13.0 Å². The molecule has 156 valence electrons. The van der Waals surface area contributed by atoms with Gasteiger partial charge in [-0.3, -0.25) is 4.55 Å². The molecule has 3 nitrogen and oxygen atoms in total. The zero-order valence-corrected chi connectivity index (χ0v) is 18.5. The van der Waals surface area contributed by atoms with Gasteiger partial charge in [-0.05, 0) is 37.3 Å². The van der Waals surface area contributed by atoms with Gasteiger partial charge in [0.1, 0.15) is 0 Å². The Morgan fingerprint density at radius 2 is 1.30 bits per heavy atom. The third-order valence-electron chi connectivity index (χ3n) is 5.45. The summed E-state index contributed by atoms with van der Waals surface area (Å²) in [6, 6.07) is 5.31. The highest BCUT2D eigenvalue weighted by molar-refractivity contribution is 7.85. The van der Waals surface area contributed by atoms with E-state index >= 15 is 0 Å². The summed E-state index contributed by atoms with van der Waals surface area (Å²) in [6.07, 6.45) is 15.6. The van der Waals surface area contributed by atoms with Crippen LogP contribution in [0.1, 0.15) is 114 Å². The summed E-state index contributed by atoms with van der Waals surface area (Å²) in [7, 11) is -4.18. The maximum absolute atomic E-state index is 11.9. The molecule has 0 amide bonds. The lowest BCUT2D eigenvalue weighted by molar-refractivity contribution is 0.467. The highest BCUT2D eigenvalue weighted by Crippen LogP contribution is 2.33. The van der Waals surface area contributed by atoms with Crippen LogP contribution in [0.5, 0.6) is 0 Å². The van der Waals surface area contributed by atoms with E-state index < -0.39 is 10.1 Å². The Labute approximate surface area is 167 Å². The molecule has 0 heterocycles. The van der Waals surface area contributed by atoms with Crippen LogP contribution in [-0.4, -0.2) is 13.0 Å². The van der Waals surface area contributed by atoms with E-state index in [-0.39, 0.29) is 10.8 Å². The van der Waals surface area contributed by atoms with Gasteiger partial charge in [-0.15, -0.1) is 0 Å². The van der Waals surface area contributed by atoms with Gasteiger partial charge in [-0.2, -0.15) is 8.42 Å². The molecule has 27 heavy (non-hydrogen) atoms. The number of hydrogen-bond acceptors (Lipinski definition) is 2. The molecule has 1 rings (SSSR count). The third-order valence-corrected chi connectivity index (χ3v) is 6.37. The monoisotopic (exact) mass is 396 g/mol. The number of hydrogen-bond donors (Lipinski definition) is 1. The van der Waals surface area contributed by atoms with Gasteiger partial charge in [0.05, 0.1) is 4.90 Å². The molecular weight excluding hydrogens is 356 g/mol. The van der Waals surface area contributed by atoms with Crippen LogP contribution in [0.4, 0.5) is 0 Å². The summed E-state index contributed by atoms with van der Waals surface area (Å²) < 4.78 is 33.4. The quantitative estimate of drug-likeness (QED) is 0.247. The highest BCUT2D eigenvalue weighted by Gasteiger charge is 2.22. The van der Waals surface area contributed by atoms with Gasteiger partial charge < -0.3 is 0 Å². The Bertz CT molecular complexity index is 623. The largest absolute Gasteiger partial charge is 0.294 e. The molecule has 0 fully saturated rings. The molecule has 0 aromatic heterocycles. The predicted octanol–water partition coefficient (Wildman–Crippen LogP) is 7.44. The number of aryl methyl sites for hydroxylation is 1. The van der Waals surface area contributed by atoms with E-state index in [0.717, 1.165) is 36.8 Å². The van der Waals surface area contributed by atoms with Crippen molar-refractivity contribution in [1.82, 2.24) is 0 Å². The summed E-state index contributed by atoms with van der Waals surface area (Å²) in [5.74, 6) is 0.217. The molecule has 1 aromatic rings. The smallest absolute Gasteiger partial charge is 0.282 e. The topological polar surface area (TPSA) is 54.4 Å². The summed E-state index contributed by atoms with van der Waals surface area (Å²) in [5.41, 5.74) is 1.87. The highest BCUT2D eigenvalue weighted by atomic mass is 32.2. The molecule has 4 heteroatoms. The summed E-state index contributed by atoms with van der Waals surface area (Å²) in [4.78, 5) is 0.108. The third kappa shape index (κ3) is 9.75. The molecule has 0 aliphatic heterocycles. The second-order valence-electron chi connectivity index (χ2n) is 7.97. The van der Waals surface area contributed by atoms with Gasteiger partial charge >= 0.3 is 0 Å². The molecule has 0 saturated carbocycles. The molecule has 0 aliphatic rings. The first-order valence-electron chi connectivity index (χ1n) is 11.0. The van der Waals surface area contributed by atoms with Crippen LogP contribution in [-0.2, 0) is 10.1 Å². The number of rotatable bonds is 15. The lowest BCUT2D eigenvalue weighted by atomic mass is 9.87. The SMILES string of the molecule is CCCCCCCCCC(CCCCCC)c1cc(C)ccc1S(=O)(=O)O. The second-order valence-corrected chi connectivity index (χ2v) is 9.36. The van der Waals surface area contributed by atoms with E-state index in [9.17, 15) is 13.0 Å². The van der Waals surface area contributed by atoms with Gasteiger partial charge in [0, 0.05) is 0 Å². The van der Waals surface area contributed by atoms with Crippen molar-refractivity contribution in [2.75, 3.05) is 0 Å². The van der Waals surface area contributed by atoms with Crippen LogP contribution in [0.25, 0.3) is 0 Å². The number of benzene rings is 1. The molecule has 0 aliphatic carbocycles. The molecular formula is C23H40O3S. The first kappa shape index (κ1) is 24.2. The minimum absolute atomic E-state index is 0.108. The zero-order valence-electron chi connectivity index (χ0n) is 17.7. The fourth-order valence-corrected chi connectivity index (χ4v) is 4.61. The van der Waals surface area contributed by atoms with Crippen molar-refractivity contribution in [2.24, 2.45) is 0 Å². The lowest BCUT2D eigenvalue weighted by Crippen LogP contribution is -2.09. The summed E-state index contributed by atoms with van der Waals surface area (Å²) in [6.45, 7) is 6.42. The van der Waals surface area contributed by atoms with E-state index in [2.05, 4.69) is 13.8 Å². The van der Waals surface area contributed by atoms with Crippen molar-refractivity contribution in [2.45, 2.75) is 115 Å². The van der Waals surface area contributed by atoms with Crippen LogP contribution in [0.3, 0.4) is 0 Å². The van der Waals surface area contributed by atoms with Crippen molar-refractivity contribution >= 4 is 10.1 Å². The molecule has 0 saturated heterocycles. The van der Waals surface area contributed by atoms with Crippen LogP contribution in [0.2, 0.25) is 0 Å². The van der Waals surface area contributed by atoms with E-state index in [1.54, 1.807) is 12.1 Å². The Hall–Kier alpha value is -0.870. The molecule has 0 bridgehead atoms. The minimum Gasteiger partial charge on any atom is -0.282 e. The average molecular weight is 397 g/mol. The second kappa shape index (κ2) is 13.3. The van der Waals surface area contributed by atoms with Crippen molar-refractivity contribution in [3.63, 3.8) is 0 Å². The Morgan fingerprint density at radius 1 is 0.815 bits per heavy atom. The molecule has 1 atom stereocenters. The summed E-state index contributed by atoms with van der Waals surface area (Å²) in [5, 5.41) is 0. The first-order chi connectivity index (χ1) is 12.9. The van der Waals surface area contributed by atoms with Crippen molar-refractivity contribution in [3.05, 3.63) is 29.3 Å². The van der Waals surface area contributed by atoms with Crippen LogP contribution in [0, 0.1) is 6.92 Å². The van der Waals surface area contributed by atoms with Gasteiger partial charge in [0.2, 0.25) is 0 Å². The van der Waals surface area contributed by atoms with Gasteiger partial charge in [0.25, 0.3) is 10.1 Å². The van der Waals surface area contributed by atoms with Gasteiger partial charge in [-0.25, -0.2) is 0 Å². The maximum atomic E-state index is 11.9. The van der Waals surface area contributed by atoms with Crippen LogP contribution >= 0.6 is 0 Å². The molecule has 1 aromatic carbocycles. The van der Waals surface area contributed by atoms with Gasteiger partial charge in [0.15, 0.2) is 0 Å². The zero-order chi connectivity index (χ0) is 20.1. The van der Waals surface area contributed by atoms with E-state index in [1.807, 2.05) is 13.0 Å². The van der Waals surface area contributed by atoms with Crippen molar-refractivity contribution in [1.29, 1.82) is 0 Å². The number of unbranched alkanes of at least 4 members (excludes halogenated alkanes) is 9. The van der Waals surface area contributed by atoms with Gasteiger partial charge in [-0.1, -0.05) is 102 Å². The van der Waals surface area contributed by atoms with E-state index in [1.165, 1.54) is 57.8 Å². The van der Waals surface area contributed by atoms with E-state index in [4.69, 9.17) is 0 Å². The fraction of sp³-hybridized carbons (Fsp3) is 0.739. The van der Waals surface area contributed by atoms with Crippen molar-refractivity contribution in [3.8, 4) is 0 Å². The Kier molecular flexibility index (Phi) is 11.9. The van der Waals surface area contributed by atoms with E-state index in [0.29, 0.717) is 0 Å². The molecule has 1 N–H and O–H groups in total. The van der Waals surface area contributed by atoms with Crippen LogP contribution < -0.4 is 0 Å². The fourth-order valence-electron chi connectivity index (χ4n) is 3.84. The Morgan fingerprint density at radius 3 is 1.81 bits per heavy atom. The lowest BCUT2D eigenvalue weighted by Gasteiger charge is -2.20. The molecule has 0 radical (unpaired) electrons. The molecule has 0 spiro atoms. The first-order valence-corrected chi connectivity index (χ1v) is 12.4. The normalized spacial score (nSPS) is 13.0. The standard InChI is InChI=1S/C23H40O3S/c1-4-6-8-10-11-12-14-16-21(15-13-9-7-5-2)22-19-20(3)17-18-23(22)27(24,25)26/h17-19,21H,4-16H2,1-3H3,(H,24,25,26). The van der Waals surface area contributed by atoms with Crippen LogP contribution in [0.15, 0.2) is 23.1 Å². The summed E-state index contributed by atoms with van der Waals surface area (Å²) >= 11 is 0. The maximum Gasteiger partial charge on any atom is 0.294 e. The molecule has 1 unspecified atom stereocenters. The Balaban J connectivity index is 2.78. The minimum atomic E-state index is -4.18.